The molecule has 0 fully saturated rings. The zero-order chi connectivity index (χ0) is 14.5. The highest BCUT2D eigenvalue weighted by atomic mass is 16.5. The first-order valence-electron chi connectivity index (χ1n) is 6.58. The molecule has 0 radical (unpaired) electrons. The Balaban J connectivity index is 2.12. The molecule has 0 spiro atoms. The van der Waals surface area contributed by atoms with Crippen molar-refractivity contribution in [3.8, 4) is 11.8 Å². The SMILES string of the molecule is Cc1ccc(OCc2ccc(C#N)cc2)c(C(C)N)c1. The smallest absolute Gasteiger partial charge is 0.124 e. The van der Waals surface area contributed by atoms with Gasteiger partial charge in [0, 0.05) is 11.6 Å². The fourth-order valence-corrected chi connectivity index (χ4v) is 1.99. The number of hydrogen-bond acceptors (Lipinski definition) is 3. The molecule has 2 aromatic carbocycles. The number of benzene rings is 2. The lowest BCUT2D eigenvalue weighted by molar-refractivity contribution is 0.301. The molecule has 20 heavy (non-hydrogen) atoms. The van der Waals surface area contributed by atoms with Crippen LogP contribution >= 0.6 is 0 Å². The minimum Gasteiger partial charge on any atom is -0.489 e. The predicted molar refractivity (Wildman–Crippen MR) is 79.3 cm³/mol. The summed E-state index contributed by atoms with van der Waals surface area (Å²) in [6, 6.07) is 15.4. The molecule has 0 aliphatic rings. The van der Waals surface area contributed by atoms with Crippen LogP contribution in [0.25, 0.3) is 0 Å². The molecular weight excluding hydrogens is 248 g/mol. The molecule has 2 N–H and O–H groups in total. The van der Waals surface area contributed by atoms with E-state index in [2.05, 4.69) is 12.1 Å². The zero-order valence-electron chi connectivity index (χ0n) is 11.8. The number of ether oxygens (including phenoxy) is 1. The quantitative estimate of drug-likeness (QED) is 0.921. The Hall–Kier alpha value is -2.31. The molecule has 0 aromatic heterocycles. The van der Waals surface area contributed by atoms with Gasteiger partial charge in [0.25, 0.3) is 0 Å². The van der Waals surface area contributed by atoms with Crippen LogP contribution < -0.4 is 10.5 Å². The van der Waals surface area contributed by atoms with Gasteiger partial charge in [-0.1, -0.05) is 29.8 Å². The summed E-state index contributed by atoms with van der Waals surface area (Å²) in [6.45, 7) is 4.45. The van der Waals surface area contributed by atoms with Crippen LogP contribution in [0.2, 0.25) is 0 Å². The van der Waals surface area contributed by atoms with Crippen LogP contribution in [0.3, 0.4) is 0 Å². The van der Waals surface area contributed by atoms with Gasteiger partial charge in [0.15, 0.2) is 0 Å². The summed E-state index contributed by atoms with van der Waals surface area (Å²) in [4.78, 5) is 0. The first kappa shape index (κ1) is 14.1. The molecule has 2 aromatic rings. The van der Waals surface area contributed by atoms with E-state index in [4.69, 9.17) is 15.7 Å². The van der Waals surface area contributed by atoms with E-state index in [1.165, 1.54) is 5.56 Å². The second kappa shape index (κ2) is 6.23. The maximum Gasteiger partial charge on any atom is 0.124 e. The van der Waals surface area contributed by atoms with Crippen molar-refractivity contribution in [1.82, 2.24) is 0 Å². The Labute approximate surface area is 119 Å². The molecule has 1 atom stereocenters. The van der Waals surface area contributed by atoms with Gasteiger partial charge in [0.1, 0.15) is 12.4 Å². The summed E-state index contributed by atoms with van der Waals surface area (Å²) >= 11 is 0. The van der Waals surface area contributed by atoms with Crippen LogP contribution in [0.1, 0.15) is 35.2 Å². The summed E-state index contributed by atoms with van der Waals surface area (Å²) < 4.78 is 5.85. The molecule has 0 saturated heterocycles. The Kier molecular flexibility index (Phi) is 4.39. The minimum absolute atomic E-state index is 0.0640. The zero-order valence-corrected chi connectivity index (χ0v) is 11.8. The maximum atomic E-state index is 8.76. The van der Waals surface area contributed by atoms with Gasteiger partial charge in [-0.15, -0.1) is 0 Å². The molecule has 0 amide bonds. The number of rotatable bonds is 4. The third kappa shape index (κ3) is 3.37. The van der Waals surface area contributed by atoms with Gasteiger partial charge in [-0.25, -0.2) is 0 Å². The van der Waals surface area contributed by atoms with Gasteiger partial charge in [-0.05, 0) is 37.6 Å². The van der Waals surface area contributed by atoms with Crippen LogP contribution in [-0.4, -0.2) is 0 Å². The summed E-state index contributed by atoms with van der Waals surface area (Å²) in [7, 11) is 0. The lowest BCUT2D eigenvalue weighted by Crippen LogP contribution is -2.08. The van der Waals surface area contributed by atoms with E-state index in [0.717, 1.165) is 16.9 Å². The summed E-state index contributed by atoms with van der Waals surface area (Å²) in [5, 5.41) is 8.76. The van der Waals surface area contributed by atoms with E-state index in [-0.39, 0.29) is 6.04 Å². The normalized spacial score (nSPS) is 11.7. The van der Waals surface area contributed by atoms with Crippen LogP contribution in [0, 0.1) is 18.3 Å². The van der Waals surface area contributed by atoms with Crippen molar-refractivity contribution < 1.29 is 4.74 Å². The van der Waals surface area contributed by atoms with E-state index in [9.17, 15) is 0 Å². The molecule has 0 heterocycles. The van der Waals surface area contributed by atoms with Gasteiger partial charge >= 0.3 is 0 Å². The number of nitrogens with zero attached hydrogens (tertiary/aromatic N) is 1. The first-order valence-corrected chi connectivity index (χ1v) is 6.58. The molecule has 102 valence electrons. The maximum absolute atomic E-state index is 8.76. The van der Waals surface area contributed by atoms with Crippen molar-refractivity contribution in [2.75, 3.05) is 0 Å². The molecule has 3 nitrogen and oxygen atoms in total. The topological polar surface area (TPSA) is 59.0 Å². The highest BCUT2D eigenvalue weighted by molar-refractivity contribution is 5.39. The van der Waals surface area contributed by atoms with Gasteiger partial charge in [-0.2, -0.15) is 5.26 Å². The van der Waals surface area contributed by atoms with Crippen molar-refractivity contribution in [3.63, 3.8) is 0 Å². The number of nitrogens with two attached hydrogens (primary N) is 1. The van der Waals surface area contributed by atoms with Crippen molar-refractivity contribution in [3.05, 3.63) is 64.7 Å². The molecular formula is C17H18N2O. The average Bonchev–Trinajstić information content (AvgIpc) is 2.46. The Morgan fingerprint density at radius 2 is 1.90 bits per heavy atom. The molecule has 0 bridgehead atoms. The van der Waals surface area contributed by atoms with Crippen LogP contribution in [0.5, 0.6) is 5.75 Å². The minimum atomic E-state index is -0.0640. The Morgan fingerprint density at radius 3 is 2.50 bits per heavy atom. The second-order valence-electron chi connectivity index (χ2n) is 4.93. The Bertz CT molecular complexity index is 624. The fourth-order valence-electron chi connectivity index (χ4n) is 1.99. The predicted octanol–water partition coefficient (Wildman–Crippen LogP) is 3.47. The van der Waals surface area contributed by atoms with Crippen molar-refractivity contribution in [2.24, 2.45) is 5.73 Å². The van der Waals surface area contributed by atoms with Gasteiger partial charge in [0.2, 0.25) is 0 Å². The molecule has 0 aliphatic heterocycles. The lowest BCUT2D eigenvalue weighted by atomic mass is 10.1. The van der Waals surface area contributed by atoms with E-state index in [0.29, 0.717) is 12.2 Å². The van der Waals surface area contributed by atoms with Gasteiger partial charge < -0.3 is 10.5 Å². The summed E-state index contributed by atoms with van der Waals surface area (Å²) in [5.41, 5.74) is 9.84. The molecule has 3 heteroatoms. The van der Waals surface area contributed by atoms with E-state index in [1.807, 2.05) is 38.1 Å². The van der Waals surface area contributed by atoms with Gasteiger partial charge in [-0.3, -0.25) is 0 Å². The Morgan fingerprint density at radius 1 is 1.20 bits per heavy atom. The summed E-state index contributed by atoms with van der Waals surface area (Å²) in [6.07, 6.45) is 0. The van der Waals surface area contributed by atoms with E-state index < -0.39 is 0 Å². The van der Waals surface area contributed by atoms with Crippen LogP contribution in [-0.2, 0) is 6.61 Å². The highest BCUT2D eigenvalue weighted by Gasteiger charge is 2.08. The first-order chi connectivity index (χ1) is 9.60. The standard InChI is InChI=1S/C17H18N2O/c1-12-3-8-17(16(9-12)13(2)19)20-11-15-6-4-14(10-18)5-7-15/h3-9,13H,11,19H2,1-2H3. The molecule has 2 rings (SSSR count). The van der Waals surface area contributed by atoms with E-state index in [1.54, 1.807) is 12.1 Å². The van der Waals surface area contributed by atoms with Gasteiger partial charge in [0.05, 0.1) is 11.6 Å². The third-order valence-electron chi connectivity index (χ3n) is 3.13. The number of hydrogen-bond donors (Lipinski definition) is 1. The highest BCUT2D eigenvalue weighted by Crippen LogP contribution is 2.25. The lowest BCUT2D eigenvalue weighted by Gasteiger charge is -2.15. The largest absolute Gasteiger partial charge is 0.489 e. The van der Waals surface area contributed by atoms with Crippen molar-refractivity contribution in [2.45, 2.75) is 26.5 Å². The van der Waals surface area contributed by atoms with Crippen molar-refractivity contribution >= 4 is 0 Å². The second-order valence-corrected chi connectivity index (χ2v) is 4.93. The third-order valence-corrected chi connectivity index (χ3v) is 3.13. The number of aryl methyl sites for hydroxylation is 1. The molecule has 0 aliphatic carbocycles. The molecule has 0 saturated carbocycles. The number of nitriles is 1. The molecule has 1 unspecified atom stereocenters. The monoisotopic (exact) mass is 266 g/mol. The summed E-state index contributed by atoms with van der Waals surface area (Å²) in [5.74, 6) is 0.815. The fraction of sp³-hybridized carbons (Fsp3) is 0.235. The van der Waals surface area contributed by atoms with E-state index >= 15 is 0 Å². The van der Waals surface area contributed by atoms with Crippen LogP contribution in [0.4, 0.5) is 0 Å². The van der Waals surface area contributed by atoms with Crippen LogP contribution in [0.15, 0.2) is 42.5 Å². The average molecular weight is 266 g/mol. The van der Waals surface area contributed by atoms with Crippen molar-refractivity contribution in [1.29, 1.82) is 5.26 Å².